The Kier molecular flexibility index (Phi) is 2.75. The molecule has 2 rings (SSSR count). The zero-order valence-corrected chi connectivity index (χ0v) is 10.1. The van der Waals surface area contributed by atoms with E-state index in [1.165, 1.54) is 0 Å². The molecule has 2 aromatic rings. The predicted octanol–water partition coefficient (Wildman–Crippen LogP) is 1.59. The number of aliphatic carboxylic acids is 1. The van der Waals surface area contributed by atoms with Gasteiger partial charge in [0, 0.05) is 26.0 Å². The van der Waals surface area contributed by atoms with E-state index in [4.69, 9.17) is 5.11 Å². The average Bonchev–Trinajstić information content (AvgIpc) is 2.70. The molecule has 5 nitrogen and oxygen atoms in total. The molecule has 0 fully saturated rings. The second kappa shape index (κ2) is 4.08. The summed E-state index contributed by atoms with van der Waals surface area (Å²) in [4.78, 5) is 17.2. The molecule has 0 radical (unpaired) electrons. The van der Waals surface area contributed by atoms with Crippen molar-refractivity contribution < 1.29 is 9.90 Å². The first kappa shape index (κ1) is 11.4. The van der Waals surface area contributed by atoms with E-state index in [0.29, 0.717) is 5.69 Å². The summed E-state index contributed by atoms with van der Waals surface area (Å²) in [5.41, 5.74) is 2.46. The van der Waals surface area contributed by atoms with Crippen molar-refractivity contribution >= 4 is 17.2 Å². The summed E-state index contributed by atoms with van der Waals surface area (Å²) in [5, 5.41) is 9.03. The molecule has 2 heterocycles. The van der Waals surface area contributed by atoms with E-state index in [1.54, 1.807) is 13.3 Å². The van der Waals surface area contributed by atoms with Crippen LogP contribution in [0.15, 0.2) is 24.7 Å². The molecule has 0 aliphatic heterocycles. The molecule has 0 aliphatic rings. The Hall–Kier alpha value is -2.04. The first-order valence-corrected chi connectivity index (χ1v) is 5.37. The molecule has 0 aromatic carbocycles. The summed E-state index contributed by atoms with van der Waals surface area (Å²) in [6.45, 7) is 1.65. The molecule has 17 heavy (non-hydrogen) atoms. The topological polar surface area (TPSA) is 57.8 Å². The van der Waals surface area contributed by atoms with Crippen molar-refractivity contribution in [2.75, 3.05) is 19.0 Å². The summed E-state index contributed by atoms with van der Waals surface area (Å²) in [5.74, 6) is -1.46. The molecular formula is C12H15N3O2. The molecule has 0 aliphatic carbocycles. The second-order valence-corrected chi connectivity index (χ2v) is 4.26. The number of carboxylic acids is 1. The van der Waals surface area contributed by atoms with E-state index in [1.807, 2.05) is 41.7 Å². The number of rotatable bonds is 3. The minimum atomic E-state index is -0.860. The maximum atomic E-state index is 11.0. The zero-order chi connectivity index (χ0) is 12.6. The van der Waals surface area contributed by atoms with Crippen molar-refractivity contribution in [2.45, 2.75) is 12.8 Å². The van der Waals surface area contributed by atoms with Crippen molar-refractivity contribution in [1.29, 1.82) is 0 Å². The molecule has 5 heteroatoms. The summed E-state index contributed by atoms with van der Waals surface area (Å²) in [7, 11) is 3.89. The Morgan fingerprint density at radius 1 is 1.53 bits per heavy atom. The van der Waals surface area contributed by atoms with Gasteiger partial charge in [0.2, 0.25) is 0 Å². The average molecular weight is 233 g/mol. The van der Waals surface area contributed by atoms with Crippen LogP contribution in [0.1, 0.15) is 18.5 Å². The van der Waals surface area contributed by atoms with Crippen LogP contribution in [0.3, 0.4) is 0 Å². The van der Waals surface area contributed by atoms with Crippen LogP contribution >= 0.6 is 0 Å². The van der Waals surface area contributed by atoms with Gasteiger partial charge in [-0.1, -0.05) is 0 Å². The number of pyridine rings is 1. The molecule has 0 amide bonds. The van der Waals surface area contributed by atoms with Gasteiger partial charge < -0.3 is 14.4 Å². The molecule has 2 aromatic heterocycles. The molecular weight excluding hydrogens is 218 g/mol. The molecule has 90 valence electrons. The molecule has 0 spiro atoms. The lowest BCUT2D eigenvalue weighted by molar-refractivity contribution is -0.138. The van der Waals surface area contributed by atoms with Crippen LogP contribution in [0, 0.1) is 0 Å². The molecule has 1 atom stereocenters. The second-order valence-electron chi connectivity index (χ2n) is 4.26. The summed E-state index contributed by atoms with van der Waals surface area (Å²) in [6.07, 6.45) is 3.53. The lowest BCUT2D eigenvalue weighted by Crippen LogP contribution is -2.10. The number of imidazole rings is 1. The highest BCUT2D eigenvalue weighted by atomic mass is 16.4. The lowest BCUT2D eigenvalue weighted by Gasteiger charge is -2.13. The monoisotopic (exact) mass is 233 g/mol. The Balaban J connectivity index is 2.57. The summed E-state index contributed by atoms with van der Waals surface area (Å²) >= 11 is 0. The Morgan fingerprint density at radius 2 is 2.24 bits per heavy atom. The van der Waals surface area contributed by atoms with Crippen LogP contribution < -0.4 is 4.90 Å². The van der Waals surface area contributed by atoms with Crippen LogP contribution in [-0.4, -0.2) is 34.6 Å². The van der Waals surface area contributed by atoms with Crippen molar-refractivity contribution in [3.8, 4) is 0 Å². The van der Waals surface area contributed by atoms with E-state index in [-0.39, 0.29) is 0 Å². The van der Waals surface area contributed by atoms with Crippen LogP contribution in [0.25, 0.3) is 5.52 Å². The Morgan fingerprint density at radius 3 is 2.82 bits per heavy atom. The van der Waals surface area contributed by atoms with Gasteiger partial charge in [-0.15, -0.1) is 0 Å². The predicted molar refractivity (Wildman–Crippen MR) is 65.6 cm³/mol. The largest absolute Gasteiger partial charge is 0.481 e. The van der Waals surface area contributed by atoms with Crippen molar-refractivity contribution in [1.82, 2.24) is 9.38 Å². The first-order valence-electron chi connectivity index (χ1n) is 5.37. The molecule has 0 saturated heterocycles. The SMILES string of the molecule is CC(C(=O)O)c1ncn2ccc(N(C)C)cc12. The van der Waals surface area contributed by atoms with E-state index < -0.39 is 11.9 Å². The van der Waals surface area contributed by atoms with Gasteiger partial charge in [0.15, 0.2) is 0 Å². The number of carbonyl (C=O) groups is 1. The highest BCUT2D eigenvalue weighted by Gasteiger charge is 2.19. The third-order valence-corrected chi connectivity index (χ3v) is 2.85. The van der Waals surface area contributed by atoms with Crippen LogP contribution in [0.4, 0.5) is 5.69 Å². The molecule has 0 saturated carbocycles. The number of fused-ring (bicyclic) bond motifs is 1. The van der Waals surface area contributed by atoms with Crippen molar-refractivity contribution in [3.05, 3.63) is 30.4 Å². The van der Waals surface area contributed by atoms with Gasteiger partial charge in [0.1, 0.15) is 0 Å². The van der Waals surface area contributed by atoms with E-state index >= 15 is 0 Å². The number of nitrogens with zero attached hydrogens (tertiary/aromatic N) is 3. The smallest absolute Gasteiger partial charge is 0.312 e. The van der Waals surface area contributed by atoms with Gasteiger partial charge >= 0.3 is 5.97 Å². The zero-order valence-electron chi connectivity index (χ0n) is 10.1. The summed E-state index contributed by atoms with van der Waals surface area (Å²) < 4.78 is 1.84. The molecule has 1 unspecified atom stereocenters. The van der Waals surface area contributed by atoms with Crippen LogP contribution in [-0.2, 0) is 4.79 Å². The maximum absolute atomic E-state index is 11.0. The van der Waals surface area contributed by atoms with E-state index in [9.17, 15) is 4.79 Å². The number of aromatic nitrogens is 2. The fraction of sp³-hybridized carbons (Fsp3) is 0.333. The Bertz CT molecular complexity index is 560. The maximum Gasteiger partial charge on any atom is 0.312 e. The molecule has 1 N–H and O–H groups in total. The van der Waals surface area contributed by atoms with Crippen molar-refractivity contribution in [3.63, 3.8) is 0 Å². The number of carboxylic acid groups (broad SMARTS) is 1. The first-order chi connectivity index (χ1) is 8.00. The number of hydrogen-bond donors (Lipinski definition) is 1. The van der Waals surface area contributed by atoms with Crippen molar-refractivity contribution in [2.24, 2.45) is 0 Å². The third kappa shape index (κ3) is 1.95. The quantitative estimate of drug-likeness (QED) is 0.874. The van der Waals surface area contributed by atoms with Crippen LogP contribution in [0.5, 0.6) is 0 Å². The normalized spacial score (nSPS) is 12.6. The number of hydrogen-bond acceptors (Lipinski definition) is 3. The minimum Gasteiger partial charge on any atom is -0.481 e. The standard InChI is InChI=1S/C12H15N3O2/c1-8(12(16)17)11-10-6-9(14(2)3)4-5-15(10)7-13-11/h4-8H,1-3H3,(H,16,17). The summed E-state index contributed by atoms with van der Waals surface area (Å²) in [6, 6.07) is 3.91. The third-order valence-electron chi connectivity index (χ3n) is 2.85. The highest BCUT2D eigenvalue weighted by molar-refractivity contribution is 5.79. The van der Waals surface area contributed by atoms with Gasteiger partial charge in [-0.25, -0.2) is 4.98 Å². The number of anilines is 1. The fourth-order valence-electron chi connectivity index (χ4n) is 1.73. The fourth-order valence-corrected chi connectivity index (χ4v) is 1.73. The van der Waals surface area contributed by atoms with Crippen LogP contribution in [0.2, 0.25) is 0 Å². The molecule has 0 bridgehead atoms. The van der Waals surface area contributed by atoms with E-state index in [2.05, 4.69) is 4.98 Å². The van der Waals surface area contributed by atoms with Gasteiger partial charge in [0.05, 0.1) is 23.5 Å². The highest BCUT2D eigenvalue weighted by Crippen LogP contribution is 2.23. The van der Waals surface area contributed by atoms with Gasteiger partial charge in [-0.3, -0.25) is 4.79 Å². The van der Waals surface area contributed by atoms with Gasteiger partial charge in [-0.05, 0) is 19.1 Å². The van der Waals surface area contributed by atoms with E-state index in [0.717, 1.165) is 11.2 Å². The van der Waals surface area contributed by atoms with Gasteiger partial charge in [0.25, 0.3) is 0 Å². The Labute approximate surface area is 99.3 Å². The van der Waals surface area contributed by atoms with Gasteiger partial charge in [-0.2, -0.15) is 0 Å². The minimum absolute atomic E-state index is 0.598. The lowest BCUT2D eigenvalue weighted by atomic mass is 10.1.